The highest BCUT2D eigenvalue weighted by atomic mass is 35.5. The number of likely N-dealkylation sites (N-methyl/N-ethyl adjacent to an activating group) is 1. The molecule has 0 aliphatic rings. The molecule has 0 amide bonds. The second-order valence-corrected chi connectivity index (χ2v) is 3.66. The lowest BCUT2D eigenvalue weighted by molar-refractivity contribution is 0.0993. The number of benzene rings is 1. The number of rotatable bonds is 4. The topological polar surface area (TPSA) is 38.3 Å². The molecule has 0 saturated heterocycles. The van der Waals surface area contributed by atoms with Crippen LogP contribution in [-0.4, -0.2) is 26.5 Å². The molecule has 1 rings (SSSR count). The number of halogens is 1. The van der Waals surface area contributed by atoms with Crippen LogP contribution in [0, 0.1) is 6.92 Å². The second kappa shape index (κ2) is 5.14. The van der Waals surface area contributed by atoms with E-state index < -0.39 is 0 Å². The van der Waals surface area contributed by atoms with Crippen LogP contribution in [0.2, 0.25) is 5.02 Å². The average Bonchev–Trinajstić information content (AvgIpc) is 2.21. The number of ketones is 1. The number of hydrogen-bond donors (Lipinski definition) is 1. The molecule has 1 aromatic rings. The van der Waals surface area contributed by atoms with Gasteiger partial charge in [-0.3, -0.25) is 4.79 Å². The average molecular weight is 228 g/mol. The Hall–Kier alpha value is -1.06. The van der Waals surface area contributed by atoms with Gasteiger partial charge in [0.05, 0.1) is 18.7 Å². The quantitative estimate of drug-likeness (QED) is 0.801. The Bertz CT molecular complexity index is 377. The Labute approximate surface area is 94.4 Å². The zero-order valence-electron chi connectivity index (χ0n) is 9.06. The number of carbonyl (C=O) groups is 1. The summed E-state index contributed by atoms with van der Waals surface area (Å²) in [6.07, 6.45) is 0. The SMILES string of the molecule is CNCC(=O)c1cc(C)cc(OC)c1Cl. The molecule has 0 bridgehead atoms. The van der Waals surface area contributed by atoms with Crippen LogP contribution in [0.25, 0.3) is 0 Å². The Balaban J connectivity index is 3.17. The highest BCUT2D eigenvalue weighted by molar-refractivity contribution is 6.35. The molecule has 0 saturated carbocycles. The van der Waals surface area contributed by atoms with E-state index in [-0.39, 0.29) is 12.3 Å². The molecule has 0 aromatic heterocycles. The summed E-state index contributed by atoms with van der Waals surface area (Å²) in [4.78, 5) is 11.7. The molecule has 0 unspecified atom stereocenters. The Kier molecular flexibility index (Phi) is 4.12. The standard InChI is InChI=1S/C11H14ClNO2/c1-7-4-8(9(14)6-13-2)11(12)10(5-7)15-3/h4-5,13H,6H2,1-3H3. The number of carbonyl (C=O) groups excluding carboxylic acids is 1. The van der Waals surface area contributed by atoms with Gasteiger partial charge in [-0.05, 0) is 31.7 Å². The van der Waals surface area contributed by atoms with Gasteiger partial charge in [0.15, 0.2) is 5.78 Å². The van der Waals surface area contributed by atoms with Gasteiger partial charge in [0.2, 0.25) is 0 Å². The third-order valence-corrected chi connectivity index (χ3v) is 2.43. The number of methoxy groups -OCH3 is 1. The predicted molar refractivity (Wildman–Crippen MR) is 61.0 cm³/mol. The highest BCUT2D eigenvalue weighted by Crippen LogP contribution is 2.29. The summed E-state index contributed by atoms with van der Waals surface area (Å²) < 4.78 is 5.09. The summed E-state index contributed by atoms with van der Waals surface area (Å²) in [7, 11) is 3.26. The van der Waals surface area contributed by atoms with Crippen LogP contribution < -0.4 is 10.1 Å². The first-order valence-corrected chi connectivity index (χ1v) is 5.00. The number of aryl methyl sites for hydroxylation is 1. The predicted octanol–water partition coefficient (Wildman–Crippen LogP) is 2.06. The summed E-state index contributed by atoms with van der Waals surface area (Å²) in [5.41, 5.74) is 1.46. The molecule has 0 heterocycles. The lowest BCUT2D eigenvalue weighted by Gasteiger charge is -2.09. The third-order valence-electron chi connectivity index (χ3n) is 2.04. The van der Waals surface area contributed by atoms with E-state index in [0.717, 1.165) is 5.56 Å². The van der Waals surface area contributed by atoms with E-state index in [4.69, 9.17) is 16.3 Å². The number of ether oxygens (including phenoxy) is 1. The minimum absolute atomic E-state index is 0.0375. The molecule has 15 heavy (non-hydrogen) atoms. The van der Waals surface area contributed by atoms with Crippen molar-refractivity contribution in [2.45, 2.75) is 6.92 Å². The summed E-state index contributed by atoms with van der Waals surface area (Å²) >= 11 is 6.04. The van der Waals surface area contributed by atoms with Crippen molar-refractivity contribution in [2.75, 3.05) is 20.7 Å². The second-order valence-electron chi connectivity index (χ2n) is 3.28. The third kappa shape index (κ3) is 2.70. The van der Waals surface area contributed by atoms with Crippen molar-refractivity contribution >= 4 is 17.4 Å². The van der Waals surface area contributed by atoms with Gasteiger partial charge in [-0.2, -0.15) is 0 Å². The maximum absolute atomic E-state index is 11.7. The van der Waals surface area contributed by atoms with E-state index in [0.29, 0.717) is 16.3 Å². The van der Waals surface area contributed by atoms with Gasteiger partial charge >= 0.3 is 0 Å². The largest absolute Gasteiger partial charge is 0.495 e. The van der Waals surface area contributed by atoms with Crippen molar-refractivity contribution in [3.63, 3.8) is 0 Å². The van der Waals surface area contributed by atoms with Gasteiger partial charge in [-0.15, -0.1) is 0 Å². The fourth-order valence-electron chi connectivity index (χ4n) is 1.34. The van der Waals surface area contributed by atoms with Crippen molar-refractivity contribution in [1.82, 2.24) is 5.32 Å². The van der Waals surface area contributed by atoms with Crippen molar-refractivity contribution in [2.24, 2.45) is 0 Å². The molecule has 0 radical (unpaired) electrons. The first-order valence-electron chi connectivity index (χ1n) is 4.62. The first-order chi connectivity index (χ1) is 7.10. The van der Waals surface area contributed by atoms with Gasteiger partial charge in [-0.1, -0.05) is 11.6 Å². The van der Waals surface area contributed by atoms with Gasteiger partial charge in [0.1, 0.15) is 5.75 Å². The van der Waals surface area contributed by atoms with Crippen molar-refractivity contribution in [1.29, 1.82) is 0 Å². The Morgan fingerprint density at radius 1 is 1.53 bits per heavy atom. The molecule has 3 nitrogen and oxygen atoms in total. The van der Waals surface area contributed by atoms with Crippen LogP contribution in [-0.2, 0) is 0 Å². The highest BCUT2D eigenvalue weighted by Gasteiger charge is 2.14. The fraction of sp³-hybridized carbons (Fsp3) is 0.364. The molecule has 82 valence electrons. The first kappa shape index (κ1) is 12.0. The van der Waals surface area contributed by atoms with Crippen LogP contribution in [0.1, 0.15) is 15.9 Å². The molecular formula is C11H14ClNO2. The maximum atomic E-state index is 11.7. The summed E-state index contributed by atoms with van der Waals surface area (Å²) in [6.45, 7) is 2.17. The van der Waals surface area contributed by atoms with Gasteiger partial charge in [0.25, 0.3) is 0 Å². The maximum Gasteiger partial charge on any atom is 0.178 e. The van der Waals surface area contributed by atoms with Gasteiger partial charge in [-0.25, -0.2) is 0 Å². The minimum Gasteiger partial charge on any atom is -0.495 e. The molecule has 0 aliphatic carbocycles. The number of nitrogens with one attached hydrogen (secondary N) is 1. The zero-order chi connectivity index (χ0) is 11.4. The Morgan fingerprint density at radius 3 is 2.73 bits per heavy atom. The smallest absolute Gasteiger partial charge is 0.178 e. The van der Waals surface area contributed by atoms with Gasteiger partial charge < -0.3 is 10.1 Å². The van der Waals surface area contributed by atoms with Crippen molar-refractivity contribution in [3.8, 4) is 5.75 Å². The summed E-state index contributed by atoms with van der Waals surface area (Å²) in [5.74, 6) is 0.501. The molecule has 0 spiro atoms. The number of hydrogen-bond acceptors (Lipinski definition) is 3. The molecule has 0 aliphatic heterocycles. The van der Waals surface area contributed by atoms with E-state index in [9.17, 15) is 4.79 Å². The minimum atomic E-state index is -0.0375. The summed E-state index contributed by atoms with van der Waals surface area (Å²) in [6, 6.07) is 3.57. The fourth-order valence-corrected chi connectivity index (χ4v) is 1.63. The van der Waals surface area contributed by atoms with E-state index >= 15 is 0 Å². The lowest BCUT2D eigenvalue weighted by Crippen LogP contribution is -2.19. The Morgan fingerprint density at radius 2 is 2.20 bits per heavy atom. The van der Waals surface area contributed by atoms with Crippen LogP contribution in [0.15, 0.2) is 12.1 Å². The zero-order valence-corrected chi connectivity index (χ0v) is 9.81. The van der Waals surface area contributed by atoms with Crippen LogP contribution in [0.4, 0.5) is 0 Å². The lowest BCUT2D eigenvalue weighted by atomic mass is 10.1. The monoisotopic (exact) mass is 227 g/mol. The van der Waals surface area contributed by atoms with Crippen LogP contribution in [0.3, 0.4) is 0 Å². The molecule has 0 fully saturated rings. The van der Waals surface area contributed by atoms with E-state index in [1.807, 2.05) is 6.92 Å². The van der Waals surface area contributed by atoms with E-state index in [1.54, 1.807) is 19.2 Å². The van der Waals surface area contributed by atoms with Gasteiger partial charge in [0, 0.05) is 5.56 Å². The van der Waals surface area contributed by atoms with Crippen molar-refractivity contribution in [3.05, 3.63) is 28.3 Å². The normalized spacial score (nSPS) is 10.1. The number of Topliss-reactive ketones (excluding diaryl/α,β-unsaturated/α-hetero) is 1. The molecule has 1 aromatic carbocycles. The van der Waals surface area contributed by atoms with Crippen LogP contribution in [0.5, 0.6) is 5.75 Å². The van der Waals surface area contributed by atoms with E-state index in [1.165, 1.54) is 7.11 Å². The summed E-state index contributed by atoms with van der Waals surface area (Å²) in [5, 5.41) is 3.18. The molecule has 1 N–H and O–H groups in total. The molecular weight excluding hydrogens is 214 g/mol. The van der Waals surface area contributed by atoms with Crippen LogP contribution >= 0.6 is 11.6 Å². The van der Waals surface area contributed by atoms with E-state index in [2.05, 4.69) is 5.32 Å². The van der Waals surface area contributed by atoms with Crippen molar-refractivity contribution < 1.29 is 9.53 Å². The molecule has 0 atom stereocenters. The molecule has 4 heteroatoms.